The Hall–Kier alpha value is -2.78. The first-order valence-electron chi connectivity index (χ1n) is 10.8. The molecule has 0 radical (unpaired) electrons. The summed E-state index contributed by atoms with van der Waals surface area (Å²) in [6, 6.07) is 19.6. The van der Waals surface area contributed by atoms with E-state index >= 15 is 0 Å². The molecule has 0 aliphatic heterocycles. The van der Waals surface area contributed by atoms with Crippen molar-refractivity contribution >= 4 is 21.7 Å². The van der Waals surface area contributed by atoms with Gasteiger partial charge in [0.1, 0.15) is 5.75 Å². The molecule has 4 rings (SSSR count). The summed E-state index contributed by atoms with van der Waals surface area (Å²) in [6.45, 7) is 7.52. The number of aromatic amines is 1. The van der Waals surface area contributed by atoms with E-state index in [1.54, 1.807) is 7.11 Å². The van der Waals surface area contributed by atoms with Gasteiger partial charge >= 0.3 is 0 Å². The Kier molecular flexibility index (Phi) is 5.57. The summed E-state index contributed by atoms with van der Waals surface area (Å²) >= 11 is 0. The number of nitrogens with one attached hydrogen (secondary N) is 1. The molecule has 0 spiro atoms. The van der Waals surface area contributed by atoms with Crippen LogP contribution >= 0.6 is 0 Å². The van der Waals surface area contributed by atoms with Gasteiger partial charge < -0.3 is 15.5 Å². The average molecular weight is 401 g/mol. The van der Waals surface area contributed by atoms with Gasteiger partial charge in [-0.25, -0.2) is 0 Å². The minimum atomic E-state index is 0.112. The summed E-state index contributed by atoms with van der Waals surface area (Å²) in [6.07, 6.45) is 3.10. The van der Waals surface area contributed by atoms with Crippen molar-refractivity contribution in [1.82, 2.24) is 4.98 Å². The van der Waals surface area contributed by atoms with Crippen LogP contribution in [0.25, 0.3) is 32.9 Å². The third kappa shape index (κ3) is 3.82. The zero-order valence-electron chi connectivity index (χ0n) is 18.5. The van der Waals surface area contributed by atoms with Gasteiger partial charge in [-0.1, -0.05) is 51.1 Å². The molecule has 4 aromatic rings. The maximum absolute atomic E-state index is 5.82. The summed E-state index contributed by atoms with van der Waals surface area (Å²) in [5.74, 6) is 0.899. The van der Waals surface area contributed by atoms with Crippen molar-refractivity contribution in [2.75, 3.05) is 13.7 Å². The minimum absolute atomic E-state index is 0.112. The predicted octanol–water partition coefficient (Wildman–Crippen LogP) is 6.58. The topological polar surface area (TPSA) is 51.0 Å². The van der Waals surface area contributed by atoms with E-state index in [-0.39, 0.29) is 5.41 Å². The van der Waals surface area contributed by atoms with Crippen molar-refractivity contribution in [2.24, 2.45) is 5.73 Å². The molecule has 3 heteroatoms. The largest absolute Gasteiger partial charge is 0.496 e. The Labute approximate surface area is 179 Å². The molecule has 0 saturated heterocycles. The SMILES string of the molecule is COc1cc2ccccc2cc1-c1[nH]c2ccc(C(C)(C)C)cc2c1CCCCN. The smallest absolute Gasteiger partial charge is 0.128 e. The van der Waals surface area contributed by atoms with Crippen LogP contribution < -0.4 is 10.5 Å². The zero-order valence-corrected chi connectivity index (χ0v) is 18.5. The van der Waals surface area contributed by atoms with Crippen molar-refractivity contribution in [2.45, 2.75) is 45.4 Å². The fraction of sp³-hybridized carbons (Fsp3) is 0.333. The summed E-state index contributed by atoms with van der Waals surface area (Å²) < 4.78 is 5.82. The van der Waals surface area contributed by atoms with Gasteiger partial charge in [-0.2, -0.15) is 0 Å². The molecule has 1 aromatic heterocycles. The van der Waals surface area contributed by atoms with E-state index in [4.69, 9.17) is 10.5 Å². The first-order valence-corrected chi connectivity index (χ1v) is 10.8. The number of H-pyrrole nitrogens is 1. The maximum Gasteiger partial charge on any atom is 0.128 e. The number of nitrogens with two attached hydrogens (primary N) is 1. The van der Waals surface area contributed by atoms with Crippen LogP contribution in [-0.2, 0) is 11.8 Å². The number of hydrogen-bond acceptors (Lipinski definition) is 2. The molecule has 0 atom stereocenters. The number of benzene rings is 3. The van der Waals surface area contributed by atoms with E-state index in [0.29, 0.717) is 0 Å². The summed E-state index contributed by atoms with van der Waals surface area (Å²) in [5.41, 5.74) is 12.1. The Balaban J connectivity index is 1.95. The molecule has 0 amide bonds. The van der Waals surface area contributed by atoms with Crippen molar-refractivity contribution in [3.05, 3.63) is 65.7 Å². The summed E-state index contributed by atoms with van der Waals surface area (Å²) in [4.78, 5) is 3.71. The van der Waals surface area contributed by atoms with E-state index in [1.807, 2.05) is 0 Å². The second-order valence-corrected chi connectivity index (χ2v) is 9.13. The van der Waals surface area contributed by atoms with E-state index in [2.05, 4.69) is 80.4 Å². The highest BCUT2D eigenvalue weighted by molar-refractivity contribution is 5.96. The third-order valence-corrected chi connectivity index (χ3v) is 5.99. The molecule has 0 unspecified atom stereocenters. The van der Waals surface area contributed by atoms with Crippen molar-refractivity contribution in [3.63, 3.8) is 0 Å². The lowest BCUT2D eigenvalue weighted by Crippen LogP contribution is -2.10. The number of methoxy groups -OCH3 is 1. The number of aromatic nitrogens is 1. The second kappa shape index (κ2) is 8.16. The molecule has 30 heavy (non-hydrogen) atoms. The average Bonchev–Trinajstić information content (AvgIpc) is 3.10. The Morgan fingerprint density at radius 3 is 2.33 bits per heavy atom. The molecule has 3 nitrogen and oxygen atoms in total. The van der Waals surface area contributed by atoms with Gasteiger partial charge in [-0.05, 0) is 77.4 Å². The predicted molar refractivity (Wildman–Crippen MR) is 128 cm³/mol. The van der Waals surface area contributed by atoms with Crippen LogP contribution in [0.4, 0.5) is 0 Å². The Morgan fingerprint density at radius 1 is 0.933 bits per heavy atom. The molecule has 0 aliphatic rings. The third-order valence-electron chi connectivity index (χ3n) is 5.99. The molecule has 0 bridgehead atoms. The molecule has 0 aliphatic carbocycles. The van der Waals surface area contributed by atoms with Crippen molar-refractivity contribution in [1.29, 1.82) is 0 Å². The lowest BCUT2D eigenvalue weighted by atomic mass is 9.86. The van der Waals surface area contributed by atoms with Gasteiger partial charge in [0.05, 0.1) is 12.8 Å². The highest BCUT2D eigenvalue weighted by atomic mass is 16.5. The van der Waals surface area contributed by atoms with Crippen LogP contribution in [0.3, 0.4) is 0 Å². The number of aryl methyl sites for hydroxylation is 1. The van der Waals surface area contributed by atoms with E-state index in [0.717, 1.165) is 42.8 Å². The van der Waals surface area contributed by atoms with E-state index < -0.39 is 0 Å². The van der Waals surface area contributed by atoms with Gasteiger partial charge in [-0.3, -0.25) is 0 Å². The monoisotopic (exact) mass is 400 g/mol. The summed E-state index contributed by atoms with van der Waals surface area (Å²) in [7, 11) is 1.75. The van der Waals surface area contributed by atoms with Gasteiger partial charge in [0, 0.05) is 16.5 Å². The number of hydrogen-bond donors (Lipinski definition) is 2. The van der Waals surface area contributed by atoms with Crippen molar-refractivity contribution < 1.29 is 4.74 Å². The fourth-order valence-electron chi connectivity index (χ4n) is 4.23. The number of fused-ring (bicyclic) bond motifs is 2. The number of unbranched alkanes of at least 4 members (excludes halogenated alkanes) is 1. The van der Waals surface area contributed by atoms with E-state index in [9.17, 15) is 0 Å². The highest BCUT2D eigenvalue weighted by Gasteiger charge is 2.20. The normalized spacial score (nSPS) is 12.0. The number of rotatable bonds is 6. The molecule has 0 saturated carbocycles. The second-order valence-electron chi connectivity index (χ2n) is 9.13. The van der Waals surface area contributed by atoms with Crippen LogP contribution in [0, 0.1) is 0 Å². The van der Waals surface area contributed by atoms with Gasteiger partial charge in [-0.15, -0.1) is 0 Å². The molecular weight excluding hydrogens is 368 g/mol. The lowest BCUT2D eigenvalue weighted by Gasteiger charge is -2.19. The van der Waals surface area contributed by atoms with Crippen LogP contribution in [0.15, 0.2) is 54.6 Å². The Morgan fingerprint density at radius 2 is 1.67 bits per heavy atom. The zero-order chi connectivity index (χ0) is 21.3. The molecule has 156 valence electrons. The van der Waals surface area contributed by atoms with Crippen molar-refractivity contribution in [3.8, 4) is 17.0 Å². The fourth-order valence-corrected chi connectivity index (χ4v) is 4.23. The van der Waals surface area contributed by atoms with Gasteiger partial charge in [0.2, 0.25) is 0 Å². The number of ether oxygens (including phenoxy) is 1. The maximum atomic E-state index is 5.82. The first-order chi connectivity index (χ1) is 14.4. The first kappa shape index (κ1) is 20.5. The van der Waals surface area contributed by atoms with Crippen LogP contribution in [0.5, 0.6) is 5.75 Å². The minimum Gasteiger partial charge on any atom is -0.496 e. The molecular formula is C27H32N2O. The van der Waals surface area contributed by atoms with Crippen LogP contribution in [0.1, 0.15) is 44.7 Å². The molecule has 3 N–H and O–H groups in total. The van der Waals surface area contributed by atoms with E-state index in [1.165, 1.54) is 32.8 Å². The van der Waals surface area contributed by atoms with Gasteiger partial charge in [0.25, 0.3) is 0 Å². The summed E-state index contributed by atoms with van der Waals surface area (Å²) in [5, 5.41) is 3.72. The van der Waals surface area contributed by atoms with Gasteiger partial charge in [0.15, 0.2) is 0 Å². The standard InChI is InChI=1S/C27H32N2O/c1-27(2,3)20-12-13-24-22(17-20)21(11-7-8-14-28)26(29-24)23-15-18-9-5-6-10-19(18)16-25(23)30-4/h5-6,9-10,12-13,15-17,29H,7-8,11,14,28H2,1-4H3. The molecule has 3 aromatic carbocycles. The van der Waals surface area contributed by atoms with Crippen LogP contribution in [-0.4, -0.2) is 18.6 Å². The molecule has 1 heterocycles. The highest BCUT2D eigenvalue weighted by Crippen LogP contribution is 2.40. The Bertz CT molecular complexity index is 1180. The lowest BCUT2D eigenvalue weighted by molar-refractivity contribution is 0.417. The van der Waals surface area contributed by atoms with Crippen LogP contribution in [0.2, 0.25) is 0 Å². The molecule has 0 fully saturated rings. The quantitative estimate of drug-likeness (QED) is 0.359.